The largest absolute Gasteiger partial charge is 0.381 e. The normalized spacial score (nSPS) is 30.7. The van der Waals surface area contributed by atoms with Gasteiger partial charge in [0.1, 0.15) is 5.82 Å². The molecule has 0 unspecified atom stereocenters. The molecule has 0 spiro atoms. The third-order valence-electron chi connectivity index (χ3n) is 4.79. The summed E-state index contributed by atoms with van der Waals surface area (Å²) in [6.07, 6.45) is 2.30. The Bertz CT molecular complexity index is 445. The molecule has 2 fully saturated rings. The van der Waals surface area contributed by atoms with E-state index in [1.165, 1.54) is 12.1 Å². The third-order valence-corrected chi connectivity index (χ3v) is 4.79. The van der Waals surface area contributed by atoms with E-state index in [2.05, 4.69) is 12.2 Å². The van der Waals surface area contributed by atoms with Gasteiger partial charge in [-0.15, -0.1) is 0 Å². The fourth-order valence-corrected chi connectivity index (χ4v) is 3.31. The van der Waals surface area contributed by atoms with Gasteiger partial charge in [0.15, 0.2) is 0 Å². The van der Waals surface area contributed by atoms with Crippen LogP contribution in [-0.2, 0) is 9.47 Å². The van der Waals surface area contributed by atoms with Crippen molar-refractivity contribution < 1.29 is 13.9 Å². The van der Waals surface area contributed by atoms with E-state index in [1.54, 1.807) is 0 Å². The van der Waals surface area contributed by atoms with Gasteiger partial charge in [-0.1, -0.05) is 12.1 Å². The number of ether oxygens (including phenoxy) is 2. The molecule has 2 heterocycles. The van der Waals surface area contributed by atoms with Gasteiger partial charge in [-0.25, -0.2) is 4.39 Å². The number of nitrogens with one attached hydrogen (secondary N) is 1. The summed E-state index contributed by atoms with van der Waals surface area (Å²) in [5.74, 6) is 0.887. The van der Waals surface area contributed by atoms with Crippen LogP contribution in [0.2, 0.25) is 0 Å². The molecule has 3 nitrogen and oxygen atoms in total. The minimum Gasteiger partial charge on any atom is -0.381 e. The summed E-state index contributed by atoms with van der Waals surface area (Å²) in [6.45, 7) is 5.73. The highest BCUT2D eigenvalue weighted by molar-refractivity contribution is 5.20. The summed E-state index contributed by atoms with van der Waals surface area (Å²) >= 11 is 0. The topological polar surface area (TPSA) is 30.5 Å². The van der Waals surface area contributed by atoms with Crippen LogP contribution in [0.15, 0.2) is 24.3 Å². The van der Waals surface area contributed by atoms with Crippen LogP contribution < -0.4 is 5.32 Å². The lowest BCUT2D eigenvalue weighted by Crippen LogP contribution is -2.37. The Morgan fingerprint density at radius 1 is 1.24 bits per heavy atom. The average Bonchev–Trinajstić information content (AvgIpc) is 3.17. The summed E-state index contributed by atoms with van der Waals surface area (Å²) in [5.41, 5.74) is 1.08. The molecule has 4 atom stereocenters. The van der Waals surface area contributed by atoms with Crippen LogP contribution in [0.1, 0.15) is 31.4 Å². The van der Waals surface area contributed by atoms with Gasteiger partial charge < -0.3 is 14.8 Å². The minimum absolute atomic E-state index is 0.0881. The van der Waals surface area contributed by atoms with E-state index in [9.17, 15) is 4.39 Å². The number of hydrogen-bond donors (Lipinski definition) is 1. The molecule has 0 amide bonds. The summed E-state index contributed by atoms with van der Waals surface area (Å²) in [4.78, 5) is 0. The van der Waals surface area contributed by atoms with Crippen molar-refractivity contribution in [3.63, 3.8) is 0 Å². The van der Waals surface area contributed by atoms with Crippen LogP contribution in [-0.4, -0.2) is 32.4 Å². The van der Waals surface area contributed by atoms with Crippen molar-refractivity contribution in [2.24, 2.45) is 11.8 Å². The predicted octanol–water partition coefficient (Wildman–Crippen LogP) is 2.92. The quantitative estimate of drug-likeness (QED) is 0.905. The fourth-order valence-electron chi connectivity index (χ4n) is 3.31. The molecule has 1 N–H and O–H groups in total. The molecule has 0 bridgehead atoms. The van der Waals surface area contributed by atoms with Gasteiger partial charge in [-0.05, 0) is 43.4 Å². The molecule has 2 aliphatic heterocycles. The van der Waals surface area contributed by atoms with E-state index >= 15 is 0 Å². The fraction of sp³-hybridized carbons (Fsp3) is 0.647. The van der Waals surface area contributed by atoms with Gasteiger partial charge in [0, 0.05) is 31.7 Å². The Balaban J connectivity index is 1.55. The van der Waals surface area contributed by atoms with Gasteiger partial charge in [0.05, 0.1) is 12.7 Å². The third kappa shape index (κ3) is 3.62. The Morgan fingerprint density at radius 2 is 2.05 bits per heavy atom. The summed E-state index contributed by atoms with van der Waals surface area (Å²) < 4.78 is 24.3. The predicted molar refractivity (Wildman–Crippen MR) is 79.6 cm³/mol. The molecule has 0 radical (unpaired) electrons. The number of hydrogen-bond acceptors (Lipinski definition) is 3. The smallest absolute Gasteiger partial charge is 0.123 e. The van der Waals surface area contributed by atoms with Gasteiger partial charge in [0.2, 0.25) is 0 Å². The molecule has 2 saturated heterocycles. The lowest BCUT2D eigenvalue weighted by atomic mass is 9.94. The number of halogens is 1. The SMILES string of the molecule is C[C@H](NC[C@@H]1CCO[C@H]1c1ccc(F)cc1)[C@H]1CCOC1. The zero-order valence-electron chi connectivity index (χ0n) is 12.6. The molecule has 0 saturated carbocycles. The molecule has 21 heavy (non-hydrogen) atoms. The summed E-state index contributed by atoms with van der Waals surface area (Å²) in [5, 5.41) is 3.64. The molecule has 1 aromatic carbocycles. The first-order valence-corrected chi connectivity index (χ1v) is 7.92. The molecule has 3 rings (SSSR count). The molecule has 2 aliphatic rings. The van der Waals surface area contributed by atoms with Crippen LogP contribution in [0.4, 0.5) is 4.39 Å². The van der Waals surface area contributed by atoms with E-state index < -0.39 is 0 Å². The molecule has 0 aromatic heterocycles. The Hall–Kier alpha value is -0.970. The molecule has 0 aliphatic carbocycles. The van der Waals surface area contributed by atoms with E-state index in [4.69, 9.17) is 9.47 Å². The molecule has 4 heteroatoms. The lowest BCUT2D eigenvalue weighted by molar-refractivity contribution is 0.0890. The van der Waals surface area contributed by atoms with Crippen LogP contribution in [0.5, 0.6) is 0 Å². The highest BCUT2D eigenvalue weighted by atomic mass is 19.1. The number of rotatable bonds is 5. The van der Waals surface area contributed by atoms with Gasteiger partial charge in [-0.2, -0.15) is 0 Å². The molecule has 1 aromatic rings. The van der Waals surface area contributed by atoms with Crippen molar-refractivity contribution in [2.45, 2.75) is 31.9 Å². The van der Waals surface area contributed by atoms with Gasteiger partial charge in [-0.3, -0.25) is 0 Å². The first-order valence-electron chi connectivity index (χ1n) is 7.92. The first-order chi connectivity index (χ1) is 10.2. The highest BCUT2D eigenvalue weighted by Crippen LogP contribution is 2.34. The van der Waals surface area contributed by atoms with Crippen LogP contribution in [0.25, 0.3) is 0 Å². The van der Waals surface area contributed by atoms with Crippen LogP contribution in [0.3, 0.4) is 0 Å². The summed E-state index contributed by atoms with van der Waals surface area (Å²) in [7, 11) is 0. The van der Waals surface area contributed by atoms with Gasteiger partial charge >= 0.3 is 0 Å². The average molecular weight is 293 g/mol. The molecule has 116 valence electrons. The first kappa shape index (κ1) is 14.9. The van der Waals surface area contributed by atoms with Crippen molar-refractivity contribution in [1.82, 2.24) is 5.32 Å². The second-order valence-electron chi connectivity index (χ2n) is 6.21. The lowest BCUT2D eigenvalue weighted by Gasteiger charge is -2.24. The molecular formula is C17H24FNO2. The van der Waals surface area contributed by atoms with Crippen molar-refractivity contribution in [2.75, 3.05) is 26.4 Å². The Kier molecular flexibility index (Phi) is 4.88. The zero-order valence-corrected chi connectivity index (χ0v) is 12.6. The van der Waals surface area contributed by atoms with Gasteiger partial charge in [0.25, 0.3) is 0 Å². The monoisotopic (exact) mass is 293 g/mol. The van der Waals surface area contributed by atoms with E-state index in [0.29, 0.717) is 17.9 Å². The maximum Gasteiger partial charge on any atom is 0.123 e. The maximum absolute atomic E-state index is 13.0. The van der Waals surface area contributed by atoms with Crippen molar-refractivity contribution in [3.05, 3.63) is 35.6 Å². The maximum atomic E-state index is 13.0. The van der Waals surface area contributed by atoms with Crippen LogP contribution >= 0.6 is 0 Å². The van der Waals surface area contributed by atoms with Crippen molar-refractivity contribution in [3.8, 4) is 0 Å². The summed E-state index contributed by atoms with van der Waals surface area (Å²) in [6, 6.07) is 7.18. The number of benzene rings is 1. The zero-order chi connectivity index (χ0) is 14.7. The molecular weight excluding hydrogens is 269 g/mol. The minimum atomic E-state index is -0.193. The van der Waals surface area contributed by atoms with Crippen molar-refractivity contribution >= 4 is 0 Å². The second-order valence-corrected chi connectivity index (χ2v) is 6.21. The Morgan fingerprint density at radius 3 is 2.76 bits per heavy atom. The van der Waals surface area contributed by atoms with Crippen LogP contribution in [0, 0.1) is 17.7 Å². The standard InChI is InChI=1S/C17H24FNO2/c1-12(15-6-8-20-11-15)19-10-14-7-9-21-17(14)13-2-4-16(18)5-3-13/h2-5,12,14-15,17,19H,6-11H2,1H3/t12-,14-,15-,17-/m0/s1. The second kappa shape index (κ2) is 6.86. The van der Waals surface area contributed by atoms with E-state index in [0.717, 1.165) is 44.8 Å². The van der Waals surface area contributed by atoms with E-state index in [1.807, 2.05) is 12.1 Å². The van der Waals surface area contributed by atoms with Crippen molar-refractivity contribution in [1.29, 1.82) is 0 Å². The van der Waals surface area contributed by atoms with E-state index in [-0.39, 0.29) is 11.9 Å². The highest BCUT2D eigenvalue weighted by Gasteiger charge is 2.30. The Labute approximate surface area is 125 Å².